The first-order chi connectivity index (χ1) is 4.74. The van der Waals surface area contributed by atoms with Gasteiger partial charge < -0.3 is 5.73 Å². The van der Waals surface area contributed by atoms with Crippen LogP contribution in [0, 0.1) is 6.92 Å². The van der Waals surface area contributed by atoms with Crippen LogP contribution >= 0.6 is 0 Å². The number of aromatic amines is 1. The summed E-state index contributed by atoms with van der Waals surface area (Å²) < 4.78 is 0. The van der Waals surface area contributed by atoms with E-state index in [-0.39, 0.29) is 12.0 Å². The van der Waals surface area contributed by atoms with Gasteiger partial charge in [0.1, 0.15) is 5.69 Å². The molecule has 4 nitrogen and oxygen atoms in total. The van der Waals surface area contributed by atoms with Gasteiger partial charge in [-0.1, -0.05) is 0 Å². The van der Waals surface area contributed by atoms with Crippen LogP contribution in [0.1, 0.15) is 11.4 Å². The summed E-state index contributed by atoms with van der Waals surface area (Å²) in [6, 6.07) is 1.48. The third-order valence-electron chi connectivity index (χ3n) is 1.19. The summed E-state index contributed by atoms with van der Waals surface area (Å²) in [7, 11) is 0. The van der Waals surface area contributed by atoms with Crippen molar-refractivity contribution in [2.45, 2.75) is 13.5 Å². The molecule has 0 fully saturated rings. The largest absolute Gasteiger partial charge is 0.325 e. The summed E-state index contributed by atoms with van der Waals surface area (Å²) in [5.41, 5.74) is 6.25. The van der Waals surface area contributed by atoms with Crippen molar-refractivity contribution in [3.63, 3.8) is 0 Å². The van der Waals surface area contributed by atoms with E-state index >= 15 is 0 Å². The molecule has 0 saturated carbocycles. The highest BCUT2D eigenvalue weighted by molar-refractivity contribution is 5.05. The second-order valence-electron chi connectivity index (χ2n) is 2.07. The SMILES string of the molecule is Cc1cc(=O)c(CN)n[nH]1. The van der Waals surface area contributed by atoms with Crippen molar-refractivity contribution >= 4 is 0 Å². The smallest absolute Gasteiger partial charge is 0.204 e. The summed E-state index contributed by atoms with van der Waals surface area (Å²) in [6.45, 7) is 1.96. The van der Waals surface area contributed by atoms with Crippen LogP contribution in [-0.4, -0.2) is 10.2 Å². The Balaban J connectivity index is 3.20. The summed E-state index contributed by atoms with van der Waals surface area (Å²) in [5.74, 6) is 0. The highest BCUT2D eigenvalue weighted by Gasteiger charge is 1.96. The summed E-state index contributed by atoms with van der Waals surface area (Å²) in [4.78, 5) is 10.9. The predicted octanol–water partition coefficient (Wildman–Crippen LogP) is -0.463. The van der Waals surface area contributed by atoms with Crippen molar-refractivity contribution in [1.82, 2.24) is 10.2 Å². The molecule has 0 amide bonds. The van der Waals surface area contributed by atoms with Crippen LogP contribution in [0.4, 0.5) is 0 Å². The molecule has 1 rings (SSSR count). The van der Waals surface area contributed by atoms with Crippen LogP contribution in [-0.2, 0) is 6.54 Å². The maximum atomic E-state index is 10.9. The monoisotopic (exact) mass is 139 g/mol. The fourth-order valence-electron chi connectivity index (χ4n) is 0.669. The molecule has 0 aromatic carbocycles. The number of nitrogens with two attached hydrogens (primary N) is 1. The molecule has 0 aliphatic heterocycles. The number of hydrogen-bond acceptors (Lipinski definition) is 3. The first kappa shape index (κ1) is 6.95. The van der Waals surface area contributed by atoms with Gasteiger partial charge in [0.25, 0.3) is 0 Å². The van der Waals surface area contributed by atoms with E-state index in [0.717, 1.165) is 5.69 Å². The Bertz CT molecular complexity index is 279. The molecule has 0 radical (unpaired) electrons. The molecule has 0 aliphatic carbocycles. The topological polar surface area (TPSA) is 71.8 Å². The lowest BCUT2D eigenvalue weighted by Gasteiger charge is -1.93. The number of H-pyrrole nitrogens is 1. The minimum absolute atomic E-state index is 0.0984. The Morgan fingerprint density at radius 3 is 3.00 bits per heavy atom. The Kier molecular flexibility index (Phi) is 1.82. The Morgan fingerprint density at radius 1 is 1.80 bits per heavy atom. The lowest BCUT2D eigenvalue weighted by atomic mass is 10.3. The van der Waals surface area contributed by atoms with Gasteiger partial charge >= 0.3 is 0 Å². The van der Waals surface area contributed by atoms with Gasteiger partial charge in [-0.05, 0) is 6.92 Å². The summed E-state index contributed by atoms with van der Waals surface area (Å²) in [6.07, 6.45) is 0. The standard InChI is InChI=1S/C6H9N3O/c1-4-2-6(10)5(3-7)9-8-4/h2H,3,7H2,1H3,(H,8,10). The maximum Gasteiger partial charge on any atom is 0.204 e. The molecular weight excluding hydrogens is 130 g/mol. The van der Waals surface area contributed by atoms with E-state index in [1.807, 2.05) is 0 Å². The molecular formula is C6H9N3O. The van der Waals surface area contributed by atoms with E-state index in [2.05, 4.69) is 10.2 Å². The van der Waals surface area contributed by atoms with E-state index in [1.165, 1.54) is 6.07 Å². The number of hydrogen-bond donors (Lipinski definition) is 2. The molecule has 1 aromatic rings. The lowest BCUT2D eigenvalue weighted by Crippen LogP contribution is -2.16. The zero-order chi connectivity index (χ0) is 7.56. The minimum Gasteiger partial charge on any atom is -0.325 e. The Morgan fingerprint density at radius 2 is 2.50 bits per heavy atom. The van der Waals surface area contributed by atoms with Gasteiger partial charge in [-0.15, -0.1) is 0 Å². The van der Waals surface area contributed by atoms with E-state index in [4.69, 9.17) is 5.73 Å². The van der Waals surface area contributed by atoms with Crippen molar-refractivity contribution in [2.75, 3.05) is 0 Å². The maximum absolute atomic E-state index is 10.9. The van der Waals surface area contributed by atoms with Crippen molar-refractivity contribution in [2.24, 2.45) is 5.73 Å². The van der Waals surface area contributed by atoms with Gasteiger partial charge in [0.05, 0.1) is 0 Å². The van der Waals surface area contributed by atoms with Gasteiger partial charge in [-0.3, -0.25) is 9.89 Å². The van der Waals surface area contributed by atoms with E-state index in [9.17, 15) is 4.79 Å². The average molecular weight is 139 g/mol. The number of aromatic nitrogens is 2. The van der Waals surface area contributed by atoms with Gasteiger partial charge in [0.15, 0.2) is 0 Å². The van der Waals surface area contributed by atoms with Gasteiger partial charge in [0.2, 0.25) is 5.43 Å². The first-order valence-electron chi connectivity index (χ1n) is 2.99. The van der Waals surface area contributed by atoms with Crippen LogP contribution in [0.15, 0.2) is 10.9 Å². The fraction of sp³-hybridized carbons (Fsp3) is 0.333. The minimum atomic E-state index is -0.0984. The van der Waals surface area contributed by atoms with E-state index < -0.39 is 0 Å². The molecule has 1 aromatic heterocycles. The normalized spacial score (nSPS) is 9.80. The summed E-state index contributed by atoms with van der Waals surface area (Å²) >= 11 is 0. The van der Waals surface area contributed by atoms with Gasteiger partial charge in [-0.25, -0.2) is 0 Å². The second-order valence-corrected chi connectivity index (χ2v) is 2.07. The summed E-state index contributed by atoms with van der Waals surface area (Å²) in [5, 5.41) is 6.40. The molecule has 0 aliphatic rings. The average Bonchev–Trinajstić information content (AvgIpc) is 1.88. The molecule has 3 N–H and O–H groups in total. The molecule has 0 spiro atoms. The third kappa shape index (κ3) is 1.22. The van der Waals surface area contributed by atoms with Crippen molar-refractivity contribution in [1.29, 1.82) is 0 Å². The van der Waals surface area contributed by atoms with Gasteiger partial charge in [-0.2, -0.15) is 5.10 Å². The molecule has 4 heteroatoms. The predicted molar refractivity (Wildman–Crippen MR) is 37.5 cm³/mol. The van der Waals surface area contributed by atoms with E-state index in [0.29, 0.717) is 5.69 Å². The van der Waals surface area contributed by atoms with Crippen molar-refractivity contribution < 1.29 is 0 Å². The fourth-order valence-corrected chi connectivity index (χ4v) is 0.669. The van der Waals surface area contributed by atoms with Crippen LogP contribution in [0.3, 0.4) is 0 Å². The zero-order valence-electron chi connectivity index (χ0n) is 5.72. The molecule has 10 heavy (non-hydrogen) atoms. The lowest BCUT2D eigenvalue weighted by molar-refractivity contribution is 0.862. The van der Waals surface area contributed by atoms with Gasteiger partial charge in [0, 0.05) is 18.3 Å². The van der Waals surface area contributed by atoms with Crippen LogP contribution in [0.5, 0.6) is 0 Å². The quantitative estimate of drug-likeness (QED) is 0.552. The molecule has 0 atom stereocenters. The highest BCUT2D eigenvalue weighted by Crippen LogP contribution is 1.83. The second kappa shape index (κ2) is 2.62. The number of nitrogens with one attached hydrogen (secondary N) is 1. The number of aryl methyl sites for hydroxylation is 1. The van der Waals surface area contributed by atoms with Crippen molar-refractivity contribution in [3.05, 3.63) is 27.7 Å². The molecule has 0 unspecified atom stereocenters. The molecule has 0 saturated heterocycles. The molecule has 1 heterocycles. The Hall–Kier alpha value is -1.16. The highest BCUT2D eigenvalue weighted by atomic mass is 16.1. The first-order valence-corrected chi connectivity index (χ1v) is 2.99. The van der Waals surface area contributed by atoms with E-state index in [1.54, 1.807) is 6.92 Å². The Labute approximate surface area is 58.1 Å². The van der Waals surface area contributed by atoms with Crippen molar-refractivity contribution in [3.8, 4) is 0 Å². The van der Waals surface area contributed by atoms with Crippen LogP contribution < -0.4 is 11.2 Å². The molecule has 54 valence electrons. The van der Waals surface area contributed by atoms with Crippen LogP contribution in [0.25, 0.3) is 0 Å². The van der Waals surface area contributed by atoms with Crippen LogP contribution in [0.2, 0.25) is 0 Å². The number of rotatable bonds is 1. The number of nitrogens with zero attached hydrogens (tertiary/aromatic N) is 1. The zero-order valence-corrected chi connectivity index (χ0v) is 5.72. The third-order valence-corrected chi connectivity index (χ3v) is 1.19. The molecule has 0 bridgehead atoms.